The molecular formula is C14H19N3O. The maximum absolute atomic E-state index is 12.3. The van der Waals surface area contributed by atoms with Crippen LogP contribution in [-0.4, -0.2) is 34.9 Å². The zero-order chi connectivity index (χ0) is 13.5. The summed E-state index contributed by atoms with van der Waals surface area (Å²) in [7, 11) is 0. The zero-order valence-electron chi connectivity index (χ0n) is 11.1. The van der Waals surface area contributed by atoms with E-state index in [1.165, 1.54) is 0 Å². The molecule has 0 atom stereocenters. The largest absolute Gasteiger partial charge is 0.336 e. The fraction of sp³-hybridized carbons (Fsp3) is 0.429. The summed E-state index contributed by atoms with van der Waals surface area (Å²) in [6.45, 7) is 6.92. The number of carbonyl (C=O) groups is 1. The summed E-state index contributed by atoms with van der Waals surface area (Å²) in [5.74, 6) is 5.61. The van der Waals surface area contributed by atoms with Crippen molar-refractivity contribution in [3.05, 3.63) is 29.6 Å². The molecule has 4 nitrogen and oxygen atoms in total. The van der Waals surface area contributed by atoms with Gasteiger partial charge >= 0.3 is 0 Å². The van der Waals surface area contributed by atoms with Crippen molar-refractivity contribution < 1.29 is 4.79 Å². The highest BCUT2D eigenvalue weighted by atomic mass is 16.2. The van der Waals surface area contributed by atoms with Gasteiger partial charge in [-0.3, -0.25) is 9.78 Å². The first-order valence-electron chi connectivity index (χ1n) is 6.05. The highest BCUT2D eigenvalue weighted by Crippen LogP contribution is 2.08. The first kappa shape index (κ1) is 14.2. The molecular weight excluding hydrogens is 226 g/mol. The molecule has 0 bridgehead atoms. The molecule has 0 saturated heterocycles. The molecule has 0 unspecified atom stereocenters. The quantitative estimate of drug-likeness (QED) is 0.816. The number of carbonyl (C=O) groups excluding carboxylic acids is 1. The normalized spacial score (nSPS) is 9.83. The summed E-state index contributed by atoms with van der Waals surface area (Å²) in [4.78, 5) is 18.1. The van der Waals surface area contributed by atoms with E-state index in [1.807, 2.05) is 20.8 Å². The number of hydrogen-bond acceptors (Lipinski definition) is 3. The van der Waals surface area contributed by atoms with Crippen molar-refractivity contribution in [2.75, 3.05) is 13.1 Å². The lowest BCUT2D eigenvalue weighted by molar-refractivity contribution is 0.0716. The Hall–Kier alpha value is -1.86. The van der Waals surface area contributed by atoms with Crippen molar-refractivity contribution in [2.24, 2.45) is 5.73 Å². The first-order chi connectivity index (χ1) is 8.60. The lowest BCUT2D eigenvalue weighted by atomic mass is 10.1. The number of pyridine rings is 1. The van der Waals surface area contributed by atoms with E-state index in [0.717, 1.165) is 0 Å². The second-order valence-electron chi connectivity index (χ2n) is 4.15. The Morgan fingerprint density at radius 2 is 2.22 bits per heavy atom. The third-order valence-corrected chi connectivity index (χ3v) is 2.54. The average Bonchev–Trinajstić information content (AvgIpc) is 2.37. The van der Waals surface area contributed by atoms with Crippen molar-refractivity contribution in [1.29, 1.82) is 0 Å². The topological polar surface area (TPSA) is 59.2 Å². The molecule has 1 amide bonds. The monoisotopic (exact) mass is 245 g/mol. The van der Waals surface area contributed by atoms with E-state index >= 15 is 0 Å². The predicted octanol–water partition coefficient (Wildman–Crippen LogP) is 1.26. The van der Waals surface area contributed by atoms with Crippen LogP contribution in [0.5, 0.6) is 0 Å². The average molecular weight is 245 g/mol. The minimum absolute atomic E-state index is 0.0172. The van der Waals surface area contributed by atoms with E-state index in [2.05, 4.69) is 16.8 Å². The molecule has 1 rings (SSSR count). The predicted molar refractivity (Wildman–Crippen MR) is 72.0 cm³/mol. The van der Waals surface area contributed by atoms with Gasteiger partial charge in [0, 0.05) is 30.5 Å². The second kappa shape index (κ2) is 6.77. The molecule has 0 aliphatic heterocycles. The van der Waals surface area contributed by atoms with Gasteiger partial charge in [0.15, 0.2) is 0 Å². The lowest BCUT2D eigenvalue weighted by Gasteiger charge is -2.25. The molecule has 0 radical (unpaired) electrons. The van der Waals surface area contributed by atoms with Gasteiger partial charge in [-0.25, -0.2) is 0 Å². The standard InChI is InChI=1S/C14H19N3O/c1-4-17(11(2)3)14(18)13-8-12(6-5-7-15)9-16-10-13/h8-11H,4,7,15H2,1-3H3. The van der Waals surface area contributed by atoms with Gasteiger partial charge in [-0.1, -0.05) is 11.8 Å². The van der Waals surface area contributed by atoms with Crippen LogP contribution in [0.4, 0.5) is 0 Å². The molecule has 18 heavy (non-hydrogen) atoms. The van der Waals surface area contributed by atoms with Crippen LogP contribution in [0, 0.1) is 11.8 Å². The Morgan fingerprint density at radius 1 is 1.50 bits per heavy atom. The molecule has 1 aromatic rings. The highest BCUT2D eigenvalue weighted by molar-refractivity contribution is 5.94. The smallest absolute Gasteiger partial charge is 0.255 e. The molecule has 0 saturated carbocycles. The Bertz CT molecular complexity index is 471. The summed E-state index contributed by atoms with van der Waals surface area (Å²) in [5.41, 5.74) is 6.59. The SMILES string of the molecule is CCN(C(=O)c1cncc(C#CCN)c1)C(C)C. The number of nitrogens with zero attached hydrogens (tertiary/aromatic N) is 2. The zero-order valence-corrected chi connectivity index (χ0v) is 11.1. The fourth-order valence-electron chi connectivity index (χ4n) is 1.69. The van der Waals surface area contributed by atoms with E-state index in [-0.39, 0.29) is 11.9 Å². The summed E-state index contributed by atoms with van der Waals surface area (Å²) < 4.78 is 0. The van der Waals surface area contributed by atoms with Crippen LogP contribution in [0.25, 0.3) is 0 Å². The number of hydrogen-bond donors (Lipinski definition) is 1. The van der Waals surface area contributed by atoms with Gasteiger partial charge in [0.25, 0.3) is 5.91 Å². The minimum Gasteiger partial charge on any atom is -0.336 e. The Morgan fingerprint density at radius 3 is 2.78 bits per heavy atom. The van der Waals surface area contributed by atoms with Gasteiger partial charge in [0.05, 0.1) is 12.1 Å². The second-order valence-corrected chi connectivity index (χ2v) is 4.15. The third-order valence-electron chi connectivity index (χ3n) is 2.54. The molecule has 2 N–H and O–H groups in total. The summed E-state index contributed by atoms with van der Waals surface area (Å²) in [5, 5.41) is 0. The van der Waals surface area contributed by atoms with Crippen LogP contribution in [-0.2, 0) is 0 Å². The summed E-state index contributed by atoms with van der Waals surface area (Å²) in [6, 6.07) is 1.92. The van der Waals surface area contributed by atoms with E-state index in [4.69, 9.17) is 5.73 Å². The molecule has 96 valence electrons. The third kappa shape index (κ3) is 3.57. The van der Waals surface area contributed by atoms with Crippen molar-refractivity contribution in [3.8, 4) is 11.8 Å². The van der Waals surface area contributed by atoms with Crippen LogP contribution >= 0.6 is 0 Å². The van der Waals surface area contributed by atoms with E-state index in [9.17, 15) is 4.79 Å². The first-order valence-corrected chi connectivity index (χ1v) is 6.05. The molecule has 1 heterocycles. The Balaban J connectivity index is 2.99. The number of amides is 1. The van der Waals surface area contributed by atoms with Crippen LogP contribution in [0.1, 0.15) is 36.7 Å². The van der Waals surface area contributed by atoms with Crippen LogP contribution < -0.4 is 5.73 Å². The maximum Gasteiger partial charge on any atom is 0.255 e. The van der Waals surface area contributed by atoms with Gasteiger partial charge < -0.3 is 10.6 Å². The van der Waals surface area contributed by atoms with E-state index < -0.39 is 0 Å². The van der Waals surface area contributed by atoms with Crippen LogP contribution in [0.15, 0.2) is 18.5 Å². The molecule has 0 spiro atoms. The molecule has 1 aromatic heterocycles. The van der Waals surface area contributed by atoms with Crippen LogP contribution in [0.2, 0.25) is 0 Å². The Kier molecular flexibility index (Phi) is 5.34. The van der Waals surface area contributed by atoms with Gasteiger partial charge in [-0.05, 0) is 26.8 Å². The summed E-state index contributed by atoms with van der Waals surface area (Å²) >= 11 is 0. The maximum atomic E-state index is 12.3. The molecule has 4 heteroatoms. The van der Waals surface area contributed by atoms with Crippen LogP contribution in [0.3, 0.4) is 0 Å². The molecule has 0 aliphatic carbocycles. The van der Waals surface area contributed by atoms with E-state index in [0.29, 0.717) is 24.2 Å². The van der Waals surface area contributed by atoms with Crippen molar-refractivity contribution in [2.45, 2.75) is 26.8 Å². The molecule has 0 fully saturated rings. The van der Waals surface area contributed by atoms with Crippen molar-refractivity contribution in [1.82, 2.24) is 9.88 Å². The molecule has 0 aliphatic rings. The van der Waals surface area contributed by atoms with Gasteiger partial charge in [-0.15, -0.1) is 0 Å². The van der Waals surface area contributed by atoms with E-state index in [1.54, 1.807) is 23.4 Å². The molecule has 0 aromatic carbocycles. The van der Waals surface area contributed by atoms with Crippen molar-refractivity contribution in [3.63, 3.8) is 0 Å². The summed E-state index contributed by atoms with van der Waals surface area (Å²) in [6.07, 6.45) is 3.20. The highest BCUT2D eigenvalue weighted by Gasteiger charge is 2.17. The Labute approximate surface area is 108 Å². The van der Waals surface area contributed by atoms with Gasteiger partial charge in [0.1, 0.15) is 0 Å². The minimum atomic E-state index is -0.0172. The van der Waals surface area contributed by atoms with Gasteiger partial charge in [0.2, 0.25) is 0 Å². The van der Waals surface area contributed by atoms with Gasteiger partial charge in [-0.2, -0.15) is 0 Å². The number of nitrogens with two attached hydrogens (primary N) is 1. The lowest BCUT2D eigenvalue weighted by Crippen LogP contribution is -2.36. The number of rotatable bonds is 3. The number of aromatic nitrogens is 1. The fourth-order valence-corrected chi connectivity index (χ4v) is 1.69. The van der Waals surface area contributed by atoms with Crippen molar-refractivity contribution >= 4 is 5.91 Å².